The molecule has 0 radical (unpaired) electrons. The van der Waals surface area contributed by atoms with Crippen LogP contribution in [0.2, 0.25) is 0 Å². The van der Waals surface area contributed by atoms with Gasteiger partial charge in [0, 0.05) is 17.3 Å². The zero-order valence-corrected chi connectivity index (χ0v) is 21.1. The number of ether oxygens (including phenoxy) is 2. The number of nitrogens with one attached hydrogen (secondary N) is 2. The van der Waals surface area contributed by atoms with E-state index in [9.17, 15) is 29.1 Å². The summed E-state index contributed by atoms with van der Waals surface area (Å²) in [5.41, 5.74) is 5.94. The molecule has 196 valence electrons. The van der Waals surface area contributed by atoms with E-state index in [4.69, 9.17) is 4.74 Å². The summed E-state index contributed by atoms with van der Waals surface area (Å²) in [7, 11) is 2.39. The summed E-state index contributed by atoms with van der Waals surface area (Å²) < 4.78 is 9.43. The molecule has 0 spiro atoms. The summed E-state index contributed by atoms with van der Waals surface area (Å²) >= 11 is 0. The van der Waals surface area contributed by atoms with E-state index in [-0.39, 0.29) is 40.6 Å². The van der Waals surface area contributed by atoms with Crippen LogP contribution < -0.4 is 10.9 Å². The number of aliphatic hydroxyl groups is 1. The van der Waals surface area contributed by atoms with Crippen LogP contribution in [0.3, 0.4) is 0 Å². The molecule has 1 aliphatic rings. The van der Waals surface area contributed by atoms with Crippen LogP contribution in [0.15, 0.2) is 51.8 Å². The molecule has 1 unspecified atom stereocenters. The highest BCUT2D eigenvalue weighted by atomic mass is 16.5. The van der Waals surface area contributed by atoms with Crippen LogP contribution in [0, 0.1) is 5.92 Å². The lowest BCUT2D eigenvalue weighted by molar-refractivity contribution is -0.125. The monoisotopic (exact) mass is 512 g/mol. The second-order valence-electron chi connectivity index (χ2n) is 8.11. The molecule has 2 amide bonds. The maximum Gasteiger partial charge on any atom is 0.340 e. The lowest BCUT2D eigenvalue weighted by Crippen LogP contribution is -2.29. The maximum absolute atomic E-state index is 12.9. The van der Waals surface area contributed by atoms with Gasteiger partial charge in [0.1, 0.15) is 11.5 Å². The predicted octanol–water partition coefficient (Wildman–Crippen LogP) is 2.48. The van der Waals surface area contributed by atoms with Crippen LogP contribution in [-0.4, -0.2) is 60.3 Å². The lowest BCUT2D eigenvalue weighted by atomic mass is 9.92. The highest BCUT2D eigenvalue weighted by Gasteiger charge is 2.21. The van der Waals surface area contributed by atoms with Gasteiger partial charge < -0.3 is 14.6 Å². The average Bonchev–Trinajstić information content (AvgIpc) is 2.84. The third-order valence-electron chi connectivity index (χ3n) is 5.11. The van der Waals surface area contributed by atoms with E-state index in [0.29, 0.717) is 17.8 Å². The molecular weight excluding hydrogens is 484 g/mol. The first kappa shape index (κ1) is 28.6. The number of allylic oxidation sites excluding steroid dienone is 3. The minimum atomic E-state index is -0.823. The Hall–Kier alpha value is -4.61. The Morgan fingerprint density at radius 3 is 2.27 bits per heavy atom. The zero-order valence-electron chi connectivity index (χ0n) is 21.1. The van der Waals surface area contributed by atoms with Crippen molar-refractivity contribution >= 4 is 46.6 Å². The van der Waals surface area contributed by atoms with Crippen molar-refractivity contribution in [1.82, 2.24) is 5.43 Å². The highest BCUT2D eigenvalue weighted by Crippen LogP contribution is 2.20. The van der Waals surface area contributed by atoms with Gasteiger partial charge in [-0.25, -0.2) is 19.6 Å². The third kappa shape index (κ3) is 7.95. The van der Waals surface area contributed by atoms with Gasteiger partial charge in [-0.3, -0.25) is 25.2 Å². The number of ketones is 1. The van der Waals surface area contributed by atoms with Crippen molar-refractivity contribution in [3.8, 4) is 0 Å². The summed E-state index contributed by atoms with van der Waals surface area (Å²) in [6.45, 7) is 4.35. The number of nitrogens with zero attached hydrogens (tertiary/aromatic N) is 2. The molecule has 3 N–H and O–H groups in total. The summed E-state index contributed by atoms with van der Waals surface area (Å²) in [6.07, 6.45) is 3.09. The minimum Gasteiger partial charge on any atom is -0.510 e. The Labute approximate surface area is 213 Å². The second kappa shape index (κ2) is 12.9. The minimum absolute atomic E-state index is 0.0475. The first-order valence-electron chi connectivity index (χ1n) is 11.1. The number of Topliss-reactive ketones (excluding diaryl/α,β-unsaturated/α-hetero) is 1. The van der Waals surface area contributed by atoms with Gasteiger partial charge in [0.05, 0.1) is 37.5 Å². The van der Waals surface area contributed by atoms with Crippen LogP contribution in [0.4, 0.5) is 5.69 Å². The fraction of sp³-hybridized carbons (Fsp3) is 0.320. The van der Waals surface area contributed by atoms with E-state index >= 15 is 0 Å². The molecule has 1 aromatic carbocycles. The molecule has 0 saturated heterocycles. The number of amides is 2. The van der Waals surface area contributed by atoms with Gasteiger partial charge in [0.2, 0.25) is 0 Å². The van der Waals surface area contributed by atoms with Gasteiger partial charge in [-0.2, -0.15) is 0 Å². The molecule has 1 aromatic rings. The number of benzene rings is 1. The Morgan fingerprint density at radius 2 is 1.70 bits per heavy atom. The van der Waals surface area contributed by atoms with E-state index < -0.39 is 29.5 Å². The van der Waals surface area contributed by atoms with Crippen molar-refractivity contribution in [3.63, 3.8) is 0 Å². The number of hydrogen-bond donors (Lipinski definition) is 3. The van der Waals surface area contributed by atoms with E-state index in [0.717, 1.165) is 0 Å². The van der Waals surface area contributed by atoms with Crippen LogP contribution >= 0.6 is 0 Å². The van der Waals surface area contributed by atoms with Gasteiger partial charge in [0.15, 0.2) is 5.70 Å². The van der Waals surface area contributed by atoms with Gasteiger partial charge in [-0.15, -0.1) is 0 Å². The van der Waals surface area contributed by atoms with Crippen LogP contribution in [-0.2, 0) is 23.9 Å². The van der Waals surface area contributed by atoms with Crippen LogP contribution in [0.1, 0.15) is 54.3 Å². The number of aliphatic imine (C=N–C) groups is 2. The number of rotatable bonds is 8. The molecule has 12 nitrogen and oxygen atoms in total. The molecule has 37 heavy (non-hydrogen) atoms. The quantitative estimate of drug-likeness (QED) is 0.154. The maximum atomic E-state index is 12.9. The fourth-order valence-corrected chi connectivity index (χ4v) is 3.26. The van der Waals surface area contributed by atoms with E-state index in [1.807, 2.05) is 0 Å². The molecule has 1 aliphatic carbocycles. The van der Waals surface area contributed by atoms with Crippen LogP contribution in [0.5, 0.6) is 0 Å². The van der Waals surface area contributed by atoms with Gasteiger partial charge in [-0.1, -0.05) is 6.92 Å². The topological polar surface area (TPSA) is 173 Å². The Kier molecular flexibility index (Phi) is 9.99. The number of hydrazine groups is 1. The summed E-state index contributed by atoms with van der Waals surface area (Å²) in [5.74, 6) is -3.70. The molecule has 1 atom stereocenters. The van der Waals surface area contributed by atoms with Gasteiger partial charge >= 0.3 is 11.9 Å². The number of hydrogen-bond acceptors (Lipinski definition) is 10. The van der Waals surface area contributed by atoms with Crippen LogP contribution in [0.25, 0.3) is 0 Å². The van der Waals surface area contributed by atoms with Crippen molar-refractivity contribution in [2.24, 2.45) is 15.9 Å². The Bertz CT molecular complexity index is 1240. The van der Waals surface area contributed by atoms with E-state index in [1.54, 1.807) is 6.92 Å². The largest absolute Gasteiger partial charge is 0.510 e. The number of carbonyl (C=O) groups excluding carboxylic acids is 5. The summed E-state index contributed by atoms with van der Waals surface area (Å²) in [4.78, 5) is 67.7. The summed E-state index contributed by atoms with van der Waals surface area (Å²) in [6, 6.07) is 4.02. The molecule has 0 bridgehead atoms. The molecule has 0 aromatic heterocycles. The number of anilines is 1. The first-order chi connectivity index (χ1) is 17.5. The SMILES string of the molecule is COC(=O)c1ccc(C(=O)OC)c(NNC(C(=O)N=C2C=CC(=NC(=O)CC(C)=O)CC2C)=C(C)O)c1. The number of methoxy groups -OCH3 is 2. The molecular formula is C25H28N4O8. The van der Waals surface area contributed by atoms with Gasteiger partial charge in [-0.05, 0) is 50.6 Å². The predicted molar refractivity (Wildman–Crippen MR) is 134 cm³/mol. The Morgan fingerprint density at radius 1 is 1.03 bits per heavy atom. The smallest absolute Gasteiger partial charge is 0.340 e. The van der Waals surface area contributed by atoms with Crippen molar-refractivity contribution in [2.75, 3.05) is 19.6 Å². The highest BCUT2D eigenvalue weighted by molar-refractivity contribution is 6.16. The molecule has 0 fully saturated rings. The van der Waals surface area contributed by atoms with E-state index in [1.165, 1.54) is 58.4 Å². The van der Waals surface area contributed by atoms with Crippen molar-refractivity contribution in [2.45, 2.75) is 33.6 Å². The van der Waals surface area contributed by atoms with E-state index in [2.05, 4.69) is 25.6 Å². The number of aliphatic hydroxyl groups excluding tert-OH is 1. The Balaban J connectivity index is 2.26. The van der Waals surface area contributed by atoms with Crippen molar-refractivity contribution in [3.05, 3.63) is 52.9 Å². The molecule has 0 aliphatic heterocycles. The average molecular weight is 513 g/mol. The third-order valence-corrected chi connectivity index (χ3v) is 5.11. The number of carbonyl (C=O) groups is 5. The molecule has 2 rings (SSSR count). The van der Waals surface area contributed by atoms with Gasteiger partial charge in [0.25, 0.3) is 11.8 Å². The zero-order chi connectivity index (χ0) is 27.7. The molecule has 0 saturated carbocycles. The first-order valence-corrected chi connectivity index (χ1v) is 11.1. The standard InChI is InChI=1S/C25H28N4O8/c1-13-10-17(26-21(32)11-14(2)30)7-9-19(13)27-23(33)22(15(3)31)29-28-20-12-16(24(34)36-4)6-8-18(20)25(35)37-5/h6-9,12-13,28-29,31H,10-11H2,1-5H3. The van der Waals surface area contributed by atoms with Crippen molar-refractivity contribution < 1.29 is 38.6 Å². The normalized spacial score (nSPS) is 17.6. The fourth-order valence-electron chi connectivity index (χ4n) is 3.26. The molecule has 12 heteroatoms. The second-order valence-corrected chi connectivity index (χ2v) is 8.11. The van der Waals surface area contributed by atoms with Crippen molar-refractivity contribution in [1.29, 1.82) is 0 Å². The lowest BCUT2D eigenvalue weighted by Gasteiger charge is -2.18. The number of esters is 2. The molecule has 0 heterocycles. The summed E-state index contributed by atoms with van der Waals surface area (Å²) in [5, 5.41) is 10.1.